The predicted molar refractivity (Wildman–Crippen MR) is 57.4 cm³/mol. The average Bonchev–Trinajstić information content (AvgIpc) is 2.51. The van der Waals surface area contributed by atoms with Crippen LogP contribution in [0.1, 0.15) is 19.3 Å². The highest BCUT2D eigenvalue weighted by Gasteiger charge is 2.26. The summed E-state index contributed by atoms with van der Waals surface area (Å²) in [6.07, 6.45) is 1.96. The molecule has 0 radical (unpaired) electrons. The lowest BCUT2D eigenvalue weighted by molar-refractivity contribution is -0.127. The predicted octanol–water partition coefficient (Wildman–Crippen LogP) is -0.884. The van der Waals surface area contributed by atoms with Gasteiger partial charge in [-0.1, -0.05) is 0 Å². The van der Waals surface area contributed by atoms with Gasteiger partial charge in [-0.25, -0.2) is 0 Å². The second-order valence-corrected chi connectivity index (χ2v) is 3.78. The van der Waals surface area contributed by atoms with Crippen molar-refractivity contribution in [3.05, 3.63) is 0 Å². The van der Waals surface area contributed by atoms with Crippen molar-refractivity contribution in [3.63, 3.8) is 0 Å². The summed E-state index contributed by atoms with van der Waals surface area (Å²) in [4.78, 5) is 23.8. The Morgan fingerprint density at radius 3 is 2.60 bits per heavy atom. The number of nitrogens with two attached hydrogens (primary N) is 1. The fraction of sp³-hybridized carbons (Fsp3) is 0.800. The average molecular weight is 213 g/mol. The molecule has 0 bridgehead atoms. The molecule has 1 fully saturated rings. The molecule has 1 heterocycles. The molecule has 5 nitrogen and oxygen atoms in total. The highest BCUT2D eigenvalue weighted by molar-refractivity contribution is 6.05. The molecule has 15 heavy (non-hydrogen) atoms. The maximum Gasteiger partial charge on any atom is 0.230 e. The van der Waals surface area contributed by atoms with Crippen molar-refractivity contribution < 1.29 is 9.59 Å². The summed E-state index contributed by atoms with van der Waals surface area (Å²) in [6, 6.07) is 0. The Morgan fingerprint density at radius 1 is 1.27 bits per heavy atom. The topological polar surface area (TPSA) is 75.4 Å². The molecule has 0 aromatic carbocycles. The van der Waals surface area contributed by atoms with E-state index >= 15 is 0 Å². The van der Waals surface area contributed by atoms with Gasteiger partial charge in [0.15, 0.2) is 5.78 Å². The number of carbonyl (C=O) groups is 2. The summed E-state index contributed by atoms with van der Waals surface area (Å²) < 4.78 is 0. The van der Waals surface area contributed by atoms with Crippen molar-refractivity contribution in [2.75, 3.05) is 32.7 Å². The Morgan fingerprint density at radius 2 is 2.00 bits per heavy atom. The lowest BCUT2D eigenvalue weighted by atomic mass is 10.3. The van der Waals surface area contributed by atoms with Gasteiger partial charge in [0.25, 0.3) is 0 Å². The first-order chi connectivity index (χ1) is 7.24. The summed E-state index contributed by atoms with van der Waals surface area (Å²) in [5.41, 5.74) is 5.35. The summed E-state index contributed by atoms with van der Waals surface area (Å²) >= 11 is 0. The van der Waals surface area contributed by atoms with E-state index in [4.69, 9.17) is 5.73 Å². The number of amides is 1. The SMILES string of the molecule is NCCCNCCCN1CC(=O)CC1=O. The van der Waals surface area contributed by atoms with Crippen molar-refractivity contribution in [2.45, 2.75) is 19.3 Å². The van der Waals surface area contributed by atoms with Crippen LogP contribution in [-0.4, -0.2) is 49.3 Å². The van der Waals surface area contributed by atoms with Crippen LogP contribution in [0.5, 0.6) is 0 Å². The number of Topliss-reactive ketones (excluding diaryl/α,β-unsaturated/α-hetero) is 1. The Hall–Kier alpha value is -0.940. The zero-order chi connectivity index (χ0) is 11.1. The van der Waals surface area contributed by atoms with Gasteiger partial charge in [0.05, 0.1) is 13.0 Å². The van der Waals surface area contributed by atoms with Crippen molar-refractivity contribution in [1.29, 1.82) is 0 Å². The minimum absolute atomic E-state index is 0.0260. The van der Waals surface area contributed by atoms with Gasteiger partial charge in [-0.3, -0.25) is 9.59 Å². The third kappa shape index (κ3) is 4.40. The molecule has 1 aliphatic rings. The molecule has 1 rings (SSSR count). The number of rotatable bonds is 7. The zero-order valence-electron chi connectivity index (χ0n) is 9.00. The van der Waals surface area contributed by atoms with Crippen LogP contribution in [0.15, 0.2) is 0 Å². The molecule has 1 amide bonds. The van der Waals surface area contributed by atoms with Gasteiger partial charge in [0.2, 0.25) is 5.91 Å². The van der Waals surface area contributed by atoms with E-state index in [1.165, 1.54) is 0 Å². The van der Waals surface area contributed by atoms with Gasteiger partial charge in [-0.15, -0.1) is 0 Å². The lowest BCUT2D eigenvalue weighted by Crippen LogP contribution is -2.29. The summed E-state index contributed by atoms with van der Waals surface area (Å²) in [7, 11) is 0. The second-order valence-electron chi connectivity index (χ2n) is 3.78. The van der Waals surface area contributed by atoms with E-state index in [0.29, 0.717) is 19.6 Å². The molecule has 1 saturated heterocycles. The van der Waals surface area contributed by atoms with Gasteiger partial charge >= 0.3 is 0 Å². The molecule has 0 atom stereocenters. The third-order valence-electron chi connectivity index (χ3n) is 2.41. The van der Waals surface area contributed by atoms with E-state index in [0.717, 1.165) is 25.9 Å². The van der Waals surface area contributed by atoms with Crippen LogP contribution in [0.2, 0.25) is 0 Å². The molecule has 1 aliphatic heterocycles. The molecule has 0 unspecified atom stereocenters. The Kier molecular flexibility index (Phi) is 5.28. The minimum Gasteiger partial charge on any atom is -0.335 e. The molecule has 0 saturated carbocycles. The standard InChI is InChI=1S/C10H19N3O2/c11-3-1-4-12-5-2-6-13-8-9(14)7-10(13)15/h12H,1-8,11H2. The Balaban J connectivity index is 2.00. The normalized spacial score (nSPS) is 16.5. The lowest BCUT2D eigenvalue weighted by Gasteiger charge is -2.14. The van der Waals surface area contributed by atoms with Gasteiger partial charge < -0.3 is 16.0 Å². The van der Waals surface area contributed by atoms with Crippen molar-refractivity contribution in [3.8, 4) is 0 Å². The Bertz CT molecular complexity index is 231. The van der Waals surface area contributed by atoms with Crippen LogP contribution in [0.4, 0.5) is 0 Å². The first-order valence-corrected chi connectivity index (χ1v) is 5.44. The number of carbonyl (C=O) groups excluding carboxylic acids is 2. The molecule has 86 valence electrons. The van der Waals surface area contributed by atoms with E-state index in [1.807, 2.05) is 0 Å². The number of ketones is 1. The summed E-state index contributed by atoms with van der Waals surface area (Å²) in [5, 5.41) is 3.23. The van der Waals surface area contributed by atoms with Crippen LogP contribution < -0.4 is 11.1 Å². The van der Waals surface area contributed by atoms with E-state index in [-0.39, 0.29) is 18.1 Å². The third-order valence-corrected chi connectivity index (χ3v) is 2.41. The van der Waals surface area contributed by atoms with Crippen LogP contribution in [0.3, 0.4) is 0 Å². The van der Waals surface area contributed by atoms with Crippen LogP contribution in [0.25, 0.3) is 0 Å². The van der Waals surface area contributed by atoms with Gasteiger partial charge in [0.1, 0.15) is 0 Å². The van der Waals surface area contributed by atoms with E-state index < -0.39 is 0 Å². The quantitative estimate of drug-likeness (QED) is 0.425. The smallest absolute Gasteiger partial charge is 0.230 e. The molecular formula is C10H19N3O2. The van der Waals surface area contributed by atoms with Crippen molar-refractivity contribution >= 4 is 11.7 Å². The van der Waals surface area contributed by atoms with Gasteiger partial charge in [-0.05, 0) is 32.5 Å². The fourth-order valence-electron chi connectivity index (χ4n) is 1.59. The number of nitrogens with one attached hydrogen (secondary N) is 1. The van der Waals surface area contributed by atoms with E-state index in [2.05, 4.69) is 5.32 Å². The first-order valence-electron chi connectivity index (χ1n) is 5.44. The highest BCUT2D eigenvalue weighted by Crippen LogP contribution is 2.06. The maximum atomic E-state index is 11.2. The van der Waals surface area contributed by atoms with Crippen LogP contribution in [-0.2, 0) is 9.59 Å². The minimum atomic E-state index is -0.0260. The molecule has 0 aromatic heterocycles. The molecular weight excluding hydrogens is 194 g/mol. The second kappa shape index (κ2) is 6.53. The maximum absolute atomic E-state index is 11.2. The first kappa shape index (κ1) is 12.1. The van der Waals surface area contributed by atoms with Gasteiger partial charge in [0, 0.05) is 6.54 Å². The van der Waals surface area contributed by atoms with E-state index in [9.17, 15) is 9.59 Å². The summed E-state index contributed by atoms with van der Waals surface area (Å²) in [6.45, 7) is 3.48. The number of hydrogen-bond acceptors (Lipinski definition) is 4. The highest BCUT2D eigenvalue weighted by atomic mass is 16.2. The number of hydrogen-bond donors (Lipinski definition) is 2. The van der Waals surface area contributed by atoms with Crippen LogP contribution >= 0.6 is 0 Å². The molecule has 5 heteroatoms. The Labute approximate surface area is 90.0 Å². The van der Waals surface area contributed by atoms with Crippen LogP contribution in [0, 0.1) is 0 Å². The molecule has 0 aromatic rings. The van der Waals surface area contributed by atoms with Gasteiger partial charge in [-0.2, -0.15) is 0 Å². The van der Waals surface area contributed by atoms with Crippen molar-refractivity contribution in [2.24, 2.45) is 5.73 Å². The monoisotopic (exact) mass is 213 g/mol. The fourth-order valence-corrected chi connectivity index (χ4v) is 1.59. The zero-order valence-corrected chi connectivity index (χ0v) is 9.00. The molecule has 0 spiro atoms. The van der Waals surface area contributed by atoms with Crippen molar-refractivity contribution in [1.82, 2.24) is 10.2 Å². The molecule has 0 aliphatic carbocycles. The largest absolute Gasteiger partial charge is 0.335 e. The van der Waals surface area contributed by atoms with E-state index in [1.54, 1.807) is 4.90 Å². The number of likely N-dealkylation sites (tertiary alicyclic amines) is 1. The number of nitrogens with zero attached hydrogens (tertiary/aromatic N) is 1. The molecule has 3 N–H and O–H groups in total. The summed E-state index contributed by atoms with van der Waals surface area (Å²) in [5.74, 6) is 0.0121.